The Morgan fingerprint density at radius 1 is 1.15 bits per heavy atom. The van der Waals surface area contributed by atoms with Crippen LogP contribution in [0.15, 0.2) is 18.3 Å². The summed E-state index contributed by atoms with van der Waals surface area (Å²) in [5.74, 6) is 0. The zero-order valence-corrected chi connectivity index (χ0v) is 15.7. The lowest BCUT2D eigenvalue weighted by molar-refractivity contribution is 0.588. The lowest BCUT2D eigenvalue weighted by Crippen LogP contribution is -2.43. The molecule has 0 radical (unpaired) electrons. The van der Waals surface area contributed by atoms with Gasteiger partial charge in [0.2, 0.25) is 0 Å². The maximum absolute atomic E-state index is 9.46. The number of aryl methyl sites for hydroxylation is 1. The van der Waals surface area contributed by atoms with Crippen molar-refractivity contribution >= 4 is 48.4 Å². The average Bonchev–Trinajstić information content (AvgIpc) is 3.33. The van der Waals surface area contributed by atoms with Gasteiger partial charge in [0.15, 0.2) is 14.8 Å². The van der Waals surface area contributed by atoms with Crippen molar-refractivity contribution in [3.8, 4) is 16.6 Å². The summed E-state index contributed by atoms with van der Waals surface area (Å²) in [5.41, 5.74) is 2.25. The van der Waals surface area contributed by atoms with E-state index in [1.807, 2.05) is 25.4 Å². The monoisotopic (exact) mass is 381 g/mol. The fourth-order valence-corrected chi connectivity index (χ4v) is 5.29. The van der Waals surface area contributed by atoms with Gasteiger partial charge in [-0.25, -0.2) is 9.97 Å². The molecule has 1 N–H and O–H groups in total. The maximum Gasteiger partial charge on any atom is 0.188 e. The Morgan fingerprint density at radius 2 is 1.96 bits per heavy atom. The summed E-state index contributed by atoms with van der Waals surface area (Å²) in [4.78, 5) is 13.8. The molecular weight excluding hydrogens is 366 g/mol. The molecule has 1 aliphatic rings. The van der Waals surface area contributed by atoms with E-state index in [1.165, 1.54) is 0 Å². The van der Waals surface area contributed by atoms with E-state index in [-0.39, 0.29) is 0 Å². The van der Waals surface area contributed by atoms with Gasteiger partial charge in [-0.2, -0.15) is 10.4 Å². The average molecular weight is 381 g/mol. The second-order valence-corrected chi connectivity index (χ2v) is 8.17. The Kier molecular flexibility index (Phi) is 3.63. The predicted octanol–water partition coefficient (Wildman–Crippen LogP) is 2.59. The second-order valence-electron chi connectivity index (χ2n) is 6.24. The fourth-order valence-electron chi connectivity index (χ4n) is 3.21. The minimum atomic E-state index is 0.575. The van der Waals surface area contributed by atoms with E-state index < -0.39 is 0 Å². The van der Waals surface area contributed by atoms with Crippen LogP contribution >= 0.6 is 22.7 Å². The number of piperazine rings is 1. The normalized spacial score (nSPS) is 15.0. The van der Waals surface area contributed by atoms with Crippen LogP contribution in [0, 0.1) is 11.3 Å². The standard InChI is InChI=1S/C17H15N7S2/c1-23-9-12-7-10(6-11(8-18)13(12)22-23)14-20-15-16(25-14)21-17(26-15)24-4-2-19-3-5-24/h6-7,9,19H,2-5H2,1H3. The minimum Gasteiger partial charge on any atom is -0.345 e. The highest BCUT2D eigenvalue weighted by atomic mass is 32.1. The third kappa shape index (κ3) is 2.54. The Balaban J connectivity index is 1.55. The summed E-state index contributed by atoms with van der Waals surface area (Å²) < 4.78 is 1.73. The second kappa shape index (κ2) is 6.02. The molecule has 1 aliphatic heterocycles. The number of nitriles is 1. The molecule has 0 bridgehead atoms. The highest BCUT2D eigenvalue weighted by Gasteiger charge is 2.18. The van der Waals surface area contributed by atoms with Gasteiger partial charge in [-0.05, 0) is 12.1 Å². The van der Waals surface area contributed by atoms with E-state index in [9.17, 15) is 5.26 Å². The molecule has 0 unspecified atom stereocenters. The first-order valence-corrected chi connectivity index (χ1v) is 9.95. The largest absolute Gasteiger partial charge is 0.345 e. The van der Waals surface area contributed by atoms with Gasteiger partial charge in [0, 0.05) is 50.4 Å². The number of nitrogens with one attached hydrogen (secondary N) is 1. The molecule has 5 rings (SSSR count). The van der Waals surface area contributed by atoms with Crippen LogP contribution in [0.3, 0.4) is 0 Å². The molecule has 4 heterocycles. The number of aromatic nitrogens is 4. The van der Waals surface area contributed by atoms with Crippen LogP contribution in [-0.4, -0.2) is 45.9 Å². The molecule has 130 valence electrons. The molecule has 7 nitrogen and oxygen atoms in total. The van der Waals surface area contributed by atoms with Crippen LogP contribution in [0.4, 0.5) is 5.13 Å². The van der Waals surface area contributed by atoms with Crippen molar-refractivity contribution in [2.75, 3.05) is 31.1 Å². The zero-order valence-electron chi connectivity index (χ0n) is 14.1. The molecule has 0 amide bonds. The van der Waals surface area contributed by atoms with E-state index in [1.54, 1.807) is 27.4 Å². The molecule has 9 heteroatoms. The molecule has 26 heavy (non-hydrogen) atoms. The Hall–Kier alpha value is -2.54. The molecule has 1 aromatic carbocycles. The number of nitrogens with zero attached hydrogens (tertiary/aromatic N) is 6. The Labute approximate surface area is 157 Å². The van der Waals surface area contributed by atoms with Gasteiger partial charge in [0.25, 0.3) is 0 Å². The summed E-state index contributed by atoms with van der Waals surface area (Å²) in [6.07, 6.45) is 1.93. The number of hydrogen-bond donors (Lipinski definition) is 1. The van der Waals surface area contributed by atoms with Gasteiger partial charge in [-0.15, -0.1) is 0 Å². The molecule has 0 spiro atoms. The highest BCUT2D eigenvalue weighted by Crippen LogP contribution is 2.37. The van der Waals surface area contributed by atoms with E-state index >= 15 is 0 Å². The number of fused-ring (bicyclic) bond motifs is 2. The van der Waals surface area contributed by atoms with E-state index in [0.29, 0.717) is 5.56 Å². The third-order valence-electron chi connectivity index (χ3n) is 4.44. The summed E-state index contributed by atoms with van der Waals surface area (Å²) >= 11 is 3.22. The van der Waals surface area contributed by atoms with Gasteiger partial charge in [-0.1, -0.05) is 22.7 Å². The molecule has 4 aromatic rings. The molecule has 1 saturated heterocycles. The summed E-state index contributed by atoms with van der Waals surface area (Å²) in [6.45, 7) is 3.95. The van der Waals surface area contributed by atoms with Gasteiger partial charge in [-0.3, -0.25) is 4.68 Å². The number of benzene rings is 1. The summed E-state index contributed by atoms with van der Waals surface area (Å²) in [6, 6.07) is 6.16. The third-order valence-corrected chi connectivity index (χ3v) is 6.58. The van der Waals surface area contributed by atoms with Crippen LogP contribution in [0.1, 0.15) is 5.56 Å². The molecule has 3 aromatic heterocycles. The maximum atomic E-state index is 9.46. The van der Waals surface area contributed by atoms with Crippen molar-refractivity contribution in [3.63, 3.8) is 0 Å². The van der Waals surface area contributed by atoms with Crippen LogP contribution in [0.25, 0.3) is 31.1 Å². The highest BCUT2D eigenvalue weighted by molar-refractivity contribution is 7.29. The first-order chi connectivity index (χ1) is 12.7. The van der Waals surface area contributed by atoms with Crippen molar-refractivity contribution in [2.24, 2.45) is 7.05 Å². The molecule has 0 atom stereocenters. The van der Waals surface area contributed by atoms with Crippen molar-refractivity contribution in [3.05, 3.63) is 23.9 Å². The van der Waals surface area contributed by atoms with Crippen LogP contribution in [0.5, 0.6) is 0 Å². The fraction of sp³-hybridized carbons (Fsp3) is 0.294. The molecule has 0 saturated carbocycles. The van der Waals surface area contributed by atoms with Crippen molar-refractivity contribution < 1.29 is 0 Å². The summed E-state index contributed by atoms with van der Waals surface area (Å²) in [5, 5.41) is 20.1. The van der Waals surface area contributed by atoms with Crippen molar-refractivity contribution in [1.82, 2.24) is 25.1 Å². The Bertz CT molecular complexity index is 1130. The van der Waals surface area contributed by atoms with Crippen molar-refractivity contribution in [1.29, 1.82) is 5.26 Å². The van der Waals surface area contributed by atoms with Crippen LogP contribution in [0.2, 0.25) is 0 Å². The van der Waals surface area contributed by atoms with Gasteiger partial charge in [0.1, 0.15) is 16.6 Å². The van der Waals surface area contributed by atoms with E-state index in [0.717, 1.165) is 62.4 Å². The number of hydrogen-bond acceptors (Lipinski definition) is 8. The Morgan fingerprint density at radius 3 is 2.73 bits per heavy atom. The lowest BCUT2D eigenvalue weighted by Gasteiger charge is -2.26. The quantitative estimate of drug-likeness (QED) is 0.575. The SMILES string of the molecule is Cn1cc2cc(-c3nc4sc(N5CCNCC5)nc4s3)cc(C#N)c2n1. The smallest absolute Gasteiger partial charge is 0.188 e. The number of thiazole rings is 2. The van der Waals surface area contributed by atoms with Crippen LogP contribution < -0.4 is 10.2 Å². The first kappa shape index (κ1) is 15.7. The van der Waals surface area contributed by atoms with Gasteiger partial charge < -0.3 is 10.2 Å². The van der Waals surface area contributed by atoms with Crippen LogP contribution in [-0.2, 0) is 7.05 Å². The molecule has 1 fully saturated rings. The number of anilines is 1. The number of rotatable bonds is 2. The predicted molar refractivity (Wildman–Crippen MR) is 105 cm³/mol. The molecule has 0 aliphatic carbocycles. The topological polar surface area (TPSA) is 82.7 Å². The summed E-state index contributed by atoms with van der Waals surface area (Å²) in [7, 11) is 1.86. The van der Waals surface area contributed by atoms with Crippen molar-refractivity contribution in [2.45, 2.75) is 0 Å². The van der Waals surface area contributed by atoms with Gasteiger partial charge >= 0.3 is 0 Å². The minimum absolute atomic E-state index is 0.575. The zero-order chi connectivity index (χ0) is 17.7. The lowest BCUT2D eigenvalue weighted by atomic mass is 10.1. The van der Waals surface area contributed by atoms with E-state index in [4.69, 9.17) is 9.97 Å². The van der Waals surface area contributed by atoms with Gasteiger partial charge in [0.05, 0.1) is 5.56 Å². The first-order valence-electron chi connectivity index (χ1n) is 8.32. The molecular formula is C17H15N7S2. The van der Waals surface area contributed by atoms with E-state index in [2.05, 4.69) is 21.4 Å².